The van der Waals surface area contributed by atoms with Gasteiger partial charge in [-0.25, -0.2) is 4.99 Å². The van der Waals surface area contributed by atoms with Crippen molar-refractivity contribution in [3.63, 3.8) is 0 Å². The lowest BCUT2D eigenvalue weighted by Gasteiger charge is -2.09. The number of aryl methyl sites for hydroxylation is 1. The molecule has 0 atom stereocenters. The van der Waals surface area contributed by atoms with Crippen LogP contribution in [-0.4, -0.2) is 29.8 Å². The zero-order valence-electron chi connectivity index (χ0n) is 10.7. The molecule has 1 aromatic rings. The fourth-order valence-corrected chi connectivity index (χ4v) is 1.70. The Bertz CT molecular complexity index is 486. The van der Waals surface area contributed by atoms with E-state index in [9.17, 15) is 4.79 Å². The fraction of sp³-hybridized carbons (Fsp3) is 0.538. The summed E-state index contributed by atoms with van der Waals surface area (Å²) in [5.41, 5.74) is 2.64. The van der Waals surface area contributed by atoms with Crippen molar-refractivity contribution in [3.05, 3.63) is 27.7 Å². The Morgan fingerprint density at radius 2 is 2.29 bits per heavy atom. The van der Waals surface area contributed by atoms with Gasteiger partial charge < -0.3 is 9.88 Å². The van der Waals surface area contributed by atoms with Gasteiger partial charge in [-0.3, -0.25) is 4.79 Å². The van der Waals surface area contributed by atoms with Crippen LogP contribution in [0.5, 0.6) is 0 Å². The minimum Gasteiger partial charge on any atom is -0.366 e. The molecule has 92 valence electrons. The number of aliphatic imine (C=N–C) groups is 1. The molecule has 0 spiro atoms. The Morgan fingerprint density at radius 1 is 1.59 bits per heavy atom. The molecule has 17 heavy (non-hydrogen) atoms. The third-order valence-electron chi connectivity index (χ3n) is 3.15. The van der Waals surface area contributed by atoms with Crippen molar-refractivity contribution in [2.45, 2.75) is 32.6 Å². The predicted molar refractivity (Wildman–Crippen MR) is 70.2 cm³/mol. The van der Waals surface area contributed by atoms with Gasteiger partial charge in [0, 0.05) is 24.8 Å². The molecule has 0 bridgehead atoms. The summed E-state index contributed by atoms with van der Waals surface area (Å²) in [4.78, 5) is 21.1. The number of nitrogens with one attached hydrogen (secondary N) is 1. The van der Waals surface area contributed by atoms with E-state index in [4.69, 9.17) is 0 Å². The highest BCUT2D eigenvalue weighted by molar-refractivity contribution is 5.62. The van der Waals surface area contributed by atoms with Crippen LogP contribution in [0.1, 0.15) is 36.9 Å². The average Bonchev–Trinajstić information content (AvgIpc) is 3.11. The van der Waals surface area contributed by atoms with Crippen LogP contribution >= 0.6 is 0 Å². The van der Waals surface area contributed by atoms with Gasteiger partial charge in [0.15, 0.2) is 0 Å². The van der Waals surface area contributed by atoms with Crippen molar-refractivity contribution in [3.8, 4) is 0 Å². The molecule has 0 aliphatic heterocycles. The van der Waals surface area contributed by atoms with Crippen LogP contribution in [0.15, 0.2) is 15.9 Å². The van der Waals surface area contributed by atoms with Crippen molar-refractivity contribution in [1.82, 2.24) is 9.88 Å². The molecular weight excluding hydrogens is 214 g/mol. The van der Waals surface area contributed by atoms with Gasteiger partial charge in [0.2, 0.25) is 0 Å². The van der Waals surface area contributed by atoms with Crippen molar-refractivity contribution < 1.29 is 0 Å². The molecule has 1 aliphatic rings. The highest BCUT2D eigenvalue weighted by Crippen LogP contribution is 2.39. The maximum absolute atomic E-state index is 11.8. The van der Waals surface area contributed by atoms with Gasteiger partial charge in [-0.05, 0) is 38.7 Å². The van der Waals surface area contributed by atoms with E-state index >= 15 is 0 Å². The standard InChI is InChI=1S/C13H19N3O/c1-4-16(3)8-14-12-7-11(10-5-6-10)13(17)15-9(12)2/h7-8,10H,4-6H2,1-3H3,(H,15,17). The van der Waals surface area contributed by atoms with E-state index in [0.717, 1.165) is 36.3 Å². The van der Waals surface area contributed by atoms with E-state index in [1.54, 1.807) is 6.34 Å². The maximum atomic E-state index is 11.8. The monoisotopic (exact) mass is 233 g/mol. The first-order chi connectivity index (χ1) is 8.11. The van der Waals surface area contributed by atoms with Crippen LogP contribution in [0, 0.1) is 6.92 Å². The van der Waals surface area contributed by atoms with Crippen LogP contribution in [-0.2, 0) is 0 Å². The van der Waals surface area contributed by atoms with Gasteiger partial charge in [-0.2, -0.15) is 0 Å². The molecule has 1 aliphatic carbocycles. The number of hydrogen-bond donors (Lipinski definition) is 1. The zero-order chi connectivity index (χ0) is 12.4. The number of rotatable bonds is 4. The summed E-state index contributed by atoms with van der Waals surface area (Å²) in [6.45, 7) is 4.87. The first kappa shape index (κ1) is 11.9. The number of nitrogens with zero attached hydrogens (tertiary/aromatic N) is 2. The fourth-order valence-electron chi connectivity index (χ4n) is 1.70. The van der Waals surface area contributed by atoms with Crippen LogP contribution in [0.2, 0.25) is 0 Å². The molecule has 1 aromatic heterocycles. The lowest BCUT2D eigenvalue weighted by Crippen LogP contribution is -2.15. The van der Waals surface area contributed by atoms with Gasteiger partial charge in [0.1, 0.15) is 0 Å². The molecule has 2 rings (SSSR count). The number of hydrogen-bond acceptors (Lipinski definition) is 2. The van der Waals surface area contributed by atoms with Gasteiger partial charge in [0.05, 0.1) is 12.0 Å². The summed E-state index contributed by atoms with van der Waals surface area (Å²) < 4.78 is 0. The second-order valence-electron chi connectivity index (χ2n) is 4.66. The Labute approximate surface area is 101 Å². The maximum Gasteiger partial charge on any atom is 0.251 e. The first-order valence-corrected chi connectivity index (χ1v) is 6.10. The van der Waals surface area contributed by atoms with Gasteiger partial charge in [0.25, 0.3) is 5.56 Å². The molecular formula is C13H19N3O. The molecule has 1 N–H and O–H groups in total. The van der Waals surface area contributed by atoms with Gasteiger partial charge in [-0.1, -0.05) is 0 Å². The zero-order valence-corrected chi connectivity index (χ0v) is 10.7. The topological polar surface area (TPSA) is 48.5 Å². The molecule has 0 unspecified atom stereocenters. The molecule has 0 saturated heterocycles. The normalized spacial score (nSPS) is 15.5. The predicted octanol–water partition coefficient (Wildman–Crippen LogP) is 2.17. The average molecular weight is 233 g/mol. The summed E-state index contributed by atoms with van der Waals surface area (Å²) in [7, 11) is 1.98. The molecule has 1 heterocycles. The Balaban J connectivity index is 2.30. The molecule has 0 amide bonds. The first-order valence-electron chi connectivity index (χ1n) is 6.10. The number of pyridine rings is 1. The lowest BCUT2D eigenvalue weighted by atomic mass is 10.1. The van der Waals surface area contributed by atoms with Crippen LogP contribution < -0.4 is 5.56 Å². The molecule has 1 saturated carbocycles. The second-order valence-corrected chi connectivity index (χ2v) is 4.66. The Kier molecular flexibility index (Phi) is 3.31. The van der Waals surface area contributed by atoms with Crippen LogP contribution in [0.4, 0.5) is 5.69 Å². The highest BCUT2D eigenvalue weighted by Gasteiger charge is 2.26. The summed E-state index contributed by atoms with van der Waals surface area (Å²) in [5, 5.41) is 0. The Morgan fingerprint density at radius 3 is 2.88 bits per heavy atom. The largest absolute Gasteiger partial charge is 0.366 e. The van der Waals surface area contributed by atoms with Crippen molar-refractivity contribution in [1.29, 1.82) is 0 Å². The van der Waals surface area contributed by atoms with Crippen LogP contribution in [0.25, 0.3) is 0 Å². The minimum absolute atomic E-state index is 0.0489. The molecule has 0 aromatic carbocycles. The van der Waals surface area contributed by atoms with E-state index < -0.39 is 0 Å². The highest BCUT2D eigenvalue weighted by atomic mass is 16.1. The second kappa shape index (κ2) is 4.73. The van der Waals surface area contributed by atoms with Crippen molar-refractivity contribution in [2.75, 3.05) is 13.6 Å². The van der Waals surface area contributed by atoms with Crippen molar-refractivity contribution in [2.24, 2.45) is 4.99 Å². The van der Waals surface area contributed by atoms with Gasteiger partial charge in [-0.15, -0.1) is 0 Å². The van der Waals surface area contributed by atoms with E-state index in [1.807, 2.05) is 24.9 Å². The lowest BCUT2D eigenvalue weighted by molar-refractivity contribution is 0.552. The van der Waals surface area contributed by atoms with E-state index in [-0.39, 0.29) is 5.56 Å². The summed E-state index contributed by atoms with van der Waals surface area (Å²) in [6.07, 6.45) is 4.06. The summed E-state index contributed by atoms with van der Waals surface area (Å²) in [5.74, 6) is 0.456. The van der Waals surface area contributed by atoms with E-state index in [1.165, 1.54) is 0 Å². The third kappa shape index (κ3) is 2.75. The summed E-state index contributed by atoms with van der Waals surface area (Å²) >= 11 is 0. The van der Waals surface area contributed by atoms with Crippen molar-refractivity contribution >= 4 is 12.0 Å². The van der Waals surface area contributed by atoms with Crippen LogP contribution in [0.3, 0.4) is 0 Å². The van der Waals surface area contributed by atoms with E-state index in [0.29, 0.717) is 5.92 Å². The quantitative estimate of drug-likeness (QED) is 0.640. The minimum atomic E-state index is 0.0489. The smallest absolute Gasteiger partial charge is 0.251 e. The number of aromatic amines is 1. The number of H-pyrrole nitrogens is 1. The molecule has 4 heteroatoms. The summed E-state index contributed by atoms with van der Waals surface area (Å²) in [6, 6.07) is 1.94. The number of aromatic nitrogens is 1. The SMILES string of the molecule is CCN(C)C=Nc1cc(C2CC2)c(=O)[nH]c1C. The Hall–Kier alpha value is -1.58. The third-order valence-corrected chi connectivity index (χ3v) is 3.15. The molecule has 0 radical (unpaired) electrons. The molecule has 1 fully saturated rings. The van der Waals surface area contributed by atoms with Gasteiger partial charge >= 0.3 is 0 Å². The van der Waals surface area contributed by atoms with E-state index in [2.05, 4.69) is 16.9 Å². The molecule has 4 nitrogen and oxygen atoms in total.